The van der Waals surface area contributed by atoms with Crippen molar-refractivity contribution in [2.75, 3.05) is 0 Å². The predicted molar refractivity (Wildman–Crippen MR) is 46.7 cm³/mol. The van der Waals surface area contributed by atoms with Crippen molar-refractivity contribution in [2.24, 2.45) is 0 Å². The molecule has 0 aliphatic rings. The van der Waals surface area contributed by atoms with Gasteiger partial charge in [-0.1, -0.05) is 0 Å². The molecule has 0 aliphatic heterocycles. The normalized spacial score (nSPS) is 9.55. The molecule has 0 spiro atoms. The lowest BCUT2D eigenvalue weighted by molar-refractivity contribution is 0.0696. The molecule has 0 saturated heterocycles. The lowest BCUT2D eigenvalue weighted by Crippen LogP contribution is -2.10. The molecule has 0 atom stereocenters. The van der Waals surface area contributed by atoms with Gasteiger partial charge in [-0.2, -0.15) is 0 Å². The van der Waals surface area contributed by atoms with Gasteiger partial charge in [-0.3, -0.25) is 4.79 Å². The number of carboxylic acids is 1. The Morgan fingerprint density at radius 2 is 2.18 bits per heavy atom. The number of pyridine rings is 1. The molecule has 0 unspecified atom stereocenters. The zero-order chi connectivity index (χ0) is 8.43. The van der Waals surface area contributed by atoms with Gasteiger partial charge in [-0.25, -0.2) is 4.79 Å². The van der Waals surface area contributed by atoms with Gasteiger partial charge in [0.2, 0.25) is 5.56 Å². The van der Waals surface area contributed by atoms with Crippen molar-refractivity contribution < 1.29 is 9.90 Å². The summed E-state index contributed by atoms with van der Waals surface area (Å²) in [6.45, 7) is 0. The van der Waals surface area contributed by atoms with Crippen LogP contribution < -0.4 is 5.56 Å². The van der Waals surface area contributed by atoms with Crippen LogP contribution in [0.3, 0.4) is 0 Å². The summed E-state index contributed by atoms with van der Waals surface area (Å²) < 4.78 is 0.521. The highest BCUT2D eigenvalue weighted by molar-refractivity contribution is 14.1. The number of H-pyrrole nitrogens is 1. The third kappa shape index (κ3) is 2.04. The van der Waals surface area contributed by atoms with Crippen molar-refractivity contribution in [1.29, 1.82) is 0 Å². The van der Waals surface area contributed by atoms with Crippen LogP contribution in [0.1, 0.15) is 10.4 Å². The molecule has 0 saturated carbocycles. The summed E-state index contributed by atoms with van der Waals surface area (Å²) in [5.41, 5.74) is -0.382. The maximum Gasteiger partial charge on any atom is 0.335 e. The summed E-state index contributed by atoms with van der Waals surface area (Å²) >= 11 is 1.85. The third-order valence-electron chi connectivity index (χ3n) is 1.06. The van der Waals surface area contributed by atoms with Crippen LogP contribution in [0, 0.1) is 3.70 Å². The second-order valence-corrected chi connectivity index (χ2v) is 3.05. The summed E-state index contributed by atoms with van der Waals surface area (Å²) in [5, 5.41) is 8.48. The standard InChI is InChI=1S/C6H4INO3/c7-4-1-3(6(10)11)2-5(9)8-4/h1-2H,(H,8,9)(H,10,11). The Balaban J connectivity index is 3.30. The monoisotopic (exact) mass is 265 g/mol. The first-order valence-corrected chi connectivity index (χ1v) is 3.80. The smallest absolute Gasteiger partial charge is 0.335 e. The topological polar surface area (TPSA) is 70.2 Å². The Hall–Kier alpha value is -0.850. The highest BCUT2D eigenvalue weighted by Crippen LogP contribution is 2.00. The van der Waals surface area contributed by atoms with E-state index in [0.717, 1.165) is 6.07 Å². The van der Waals surface area contributed by atoms with E-state index in [2.05, 4.69) is 4.98 Å². The molecule has 1 heterocycles. The van der Waals surface area contributed by atoms with Crippen LogP contribution in [-0.2, 0) is 0 Å². The van der Waals surface area contributed by atoms with Gasteiger partial charge in [-0.15, -0.1) is 0 Å². The van der Waals surface area contributed by atoms with Crippen LogP contribution in [-0.4, -0.2) is 16.1 Å². The number of halogens is 1. The average molecular weight is 265 g/mol. The number of aromatic nitrogens is 1. The first-order chi connectivity index (χ1) is 5.09. The van der Waals surface area contributed by atoms with Gasteiger partial charge in [-0.05, 0) is 28.7 Å². The zero-order valence-electron chi connectivity index (χ0n) is 5.30. The van der Waals surface area contributed by atoms with Crippen LogP contribution in [0.4, 0.5) is 0 Å². The Labute approximate surface area is 75.4 Å². The highest BCUT2D eigenvalue weighted by Gasteiger charge is 2.03. The van der Waals surface area contributed by atoms with E-state index in [9.17, 15) is 9.59 Å². The van der Waals surface area contributed by atoms with Crippen LogP contribution in [0.25, 0.3) is 0 Å². The minimum Gasteiger partial charge on any atom is -0.478 e. The molecule has 1 aromatic rings. The minimum absolute atomic E-state index is 0.0122. The van der Waals surface area contributed by atoms with Crippen LogP contribution in [0.15, 0.2) is 16.9 Å². The number of aromatic amines is 1. The largest absolute Gasteiger partial charge is 0.478 e. The van der Waals surface area contributed by atoms with E-state index >= 15 is 0 Å². The number of carbonyl (C=O) groups is 1. The molecule has 0 bridgehead atoms. The fourth-order valence-corrected chi connectivity index (χ4v) is 1.23. The molecular formula is C6H4INO3. The highest BCUT2D eigenvalue weighted by atomic mass is 127. The number of rotatable bonds is 1. The van der Waals surface area contributed by atoms with E-state index < -0.39 is 11.5 Å². The molecule has 11 heavy (non-hydrogen) atoms. The molecular weight excluding hydrogens is 261 g/mol. The van der Waals surface area contributed by atoms with Crippen molar-refractivity contribution in [3.63, 3.8) is 0 Å². The van der Waals surface area contributed by atoms with Gasteiger partial charge in [0.05, 0.1) is 9.26 Å². The Bertz CT molecular complexity index is 344. The van der Waals surface area contributed by atoms with Crippen molar-refractivity contribution in [3.8, 4) is 0 Å². The SMILES string of the molecule is O=C(O)c1cc(I)[nH]c(=O)c1. The minimum atomic E-state index is -1.09. The van der Waals surface area contributed by atoms with Crippen LogP contribution in [0.2, 0.25) is 0 Å². The van der Waals surface area contributed by atoms with E-state index in [1.807, 2.05) is 22.6 Å². The number of nitrogens with one attached hydrogen (secondary N) is 1. The Morgan fingerprint density at radius 1 is 1.55 bits per heavy atom. The lowest BCUT2D eigenvalue weighted by atomic mass is 10.3. The van der Waals surface area contributed by atoms with Gasteiger partial charge >= 0.3 is 5.97 Å². The maximum atomic E-state index is 10.7. The van der Waals surface area contributed by atoms with E-state index in [4.69, 9.17) is 5.11 Å². The Morgan fingerprint density at radius 3 is 2.64 bits per heavy atom. The van der Waals surface area contributed by atoms with E-state index in [1.165, 1.54) is 6.07 Å². The summed E-state index contributed by atoms with van der Waals surface area (Å²) in [6, 6.07) is 2.44. The molecule has 1 aromatic heterocycles. The number of hydrogen-bond donors (Lipinski definition) is 2. The quantitative estimate of drug-likeness (QED) is 0.579. The summed E-state index contributed by atoms with van der Waals surface area (Å²) in [4.78, 5) is 23.5. The number of carboxylic acid groups (broad SMARTS) is 1. The number of hydrogen-bond acceptors (Lipinski definition) is 2. The Kier molecular flexibility index (Phi) is 2.28. The van der Waals surface area contributed by atoms with Gasteiger partial charge in [0.1, 0.15) is 0 Å². The molecule has 4 nitrogen and oxygen atoms in total. The zero-order valence-corrected chi connectivity index (χ0v) is 7.45. The first-order valence-electron chi connectivity index (χ1n) is 2.73. The van der Waals surface area contributed by atoms with Crippen molar-refractivity contribution in [3.05, 3.63) is 31.8 Å². The van der Waals surface area contributed by atoms with Gasteiger partial charge in [0, 0.05) is 6.07 Å². The average Bonchev–Trinajstić information content (AvgIpc) is 1.85. The van der Waals surface area contributed by atoms with Crippen molar-refractivity contribution >= 4 is 28.6 Å². The van der Waals surface area contributed by atoms with Crippen molar-refractivity contribution in [1.82, 2.24) is 4.98 Å². The number of aromatic carboxylic acids is 1. The molecule has 0 fully saturated rings. The summed E-state index contributed by atoms with van der Waals surface area (Å²) in [6.07, 6.45) is 0. The van der Waals surface area contributed by atoms with E-state index in [1.54, 1.807) is 0 Å². The lowest BCUT2D eigenvalue weighted by Gasteiger charge is -1.92. The van der Waals surface area contributed by atoms with Crippen molar-refractivity contribution in [2.45, 2.75) is 0 Å². The summed E-state index contributed by atoms with van der Waals surface area (Å²) in [5.74, 6) is -1.09. The van der Waals surface area contributed by atoms with Gasteiger partial charge in [0.15, 0.2) is 0 Å². The summed E-state index contributed by atoms with van der Waals surface area (Å²) in [7, 11) is 0. The molecule has 0 amide bonds. The maximum absolute atomic E-state index is 10.7. The second kappa shape index (κ2) is 3.04. The third-order valence-corrected chi connectivity index (χ3v) is 1.64. The first kappa shape index (κ1) is 8.25. The predicted octanol–water partition coefficient (Wildman–Crippen LogP) is 0.678. The molecule has 0 radical (unpaired) electrons. The van der Waals surface area contributed by atoms with Gasteiger partial charge < -0.3 is 10.1 Å². The van der Waals surface area contributed by atoms with Crippen LogP contribution in [0.5, 0.6) is 0 Å². The molecule has 0 aliphatic carbocycles. The molecule has 2 N–H and O–H groups in total. The van der Waals surface area contributed by atoms with E-state index in [-0.39, 0.29) is 5.56 Å². The van der Waals surface area contributed by atoms with Gasteiger partial charge in [0.25, 0.3) is 0 Å². The molecule has 0 aromatic carbocycles. The second-order valence-electron chi connectivity index (χ2n) is 1.89. The molecule has 5 heteroatoms. The van der Waals surface area contributed by atoms with Crippen LogP contribution >= 0.6 is 22.6 Å². The fourth-order valence-electron chi connectivity index (χ4n) is 0.633. The molecule has 58 valence electrons. The fraction of sp³-hybridized carbons (Fsp3) is 0. The van der Waals surface area contributed by atoms with E-state index in [0.29, 0.717) is 3.70 Å². The molecule has 1 rings (SSSR count).